The van der Waals surface area contributed by atoms with Crippen LogP contribution >= 0.6 is 11.8 Å². The minimum Gasteiger partial charge on any atom is -0.352 e. The first-order valence-corrected chi connectivity index (χ1v) is 6.83. The molecule has 0 aliphatic heterocycles. The summed E-state index contributed by atoms with van der Waals surface area (Å²) in [5, 5.41) is 14.9. The largest absolute Gasteiger partial charge is 0.352 e. The highest BCUT2D eigenvalue weighted by atomic mass is 32.2. The van der Waals surface area contributed by atoms with Crippen molar-refractivity contribution in [2.75, 3.05) is 23.4 Å². The summed E-state index contributed by atoms with van der Waals surface area (Å²) in [6.07, 6.45) is 1.90. The summed E-state index contributed by atoms with van der Waals surface area (Å²) >= 11 is 1.82. The van der Waals surface area contributed by atoms with Crippen molar-refractivity contribution in [1.82, 2.24) is 20.2 Å². The zero-order chi connectivity index (χ0) is 12.6. The van der Waals surface area contributed by atoms with Crippen LogP contribution in [0.2, 0.25) is 0 Å². The van der Waals surface area contributed by atoms with E-state index in [9.17, 15) is 0 Å². The van der Waals surface area contributed by atoms with E-state index in [4.69, 9.17) is 0 Å². The Morgan fingerprint density at radius 3 is 2.94 bits per heavy atom. The van der Waals surface area contributed by atoms with E-state index in [2.05, 4.69) is 27.4 Å². The van der Waals surface area contributed by atoms with Crippen LogP contribution in [0.15, 0.2) is 43.0 Å². The Labute approximate surface area is 110 Å². The molecule has 0 saturated carbocycles. The molecule has 2 aromatic rings. The Morgan fingerprint density at radius 1 is 1.33 bits per heavy atom. The lowest BCUT2D eigenvalue weighted by Crippen LogP contribution is -2.10. The normalized spacial score (nSPS) is 10.2. The topological polar surface area (TPSA) is 55.6 Å². The van der Waals surface area contributed by atoms with Crippen LogP contribution < -0.4 is 5.32 Å². The van der Waals surface area contributed by atoms with E-state index < -0.39 is 0 Å². The van der Waals surface area contributed by atoms with Gasteiger partial charge in [-0.3, -0.25) is 0 Å². The molecule has 1 aromatic heterocycles. The van der Waals surface area contributed by atoms with Crippen molar-refractivity contribution < 1.29 is 0 Å². The number of nitrogens with zero attached hydrogens (tertiary/aromatic N) is 4. The third-order valence-corrected chi connectivity index (χ3v) is 3.20. The average Bonchev–Trinajstić information content (AvgIpc) is 2.88. The third kappa shape index (κ3) is 3.33. The molecule has 0 fully saturated rings. The Balaban J connectivity index is 1.94. The van der Waals surface area contributed by atoms with E-state index in [1.807, 2.05) is 48.2 Å². The molecule has 6 heteroatoms. The second-order valence-electron chi connectivity index (χ2n) is 3.54. The molecule has 0 radical (unpaired) electrons. The maximum Gasteiger partial charge on any atom is 0.247 e. The zero-order valence-electron chi connectivity index (χ0n) is 9.99. The van der Waals surface area contributed by atoms with Crippen molar-refractivity contribution >= 4 is 17.7 Å². The molecule has 0 saturated heterocycles. The maximum absolute atomic E-state index is 3.97. The first kappa shape index (κ1) is 12.6. The van der Waals surface area contributed by atoms with Gasteiger partial charge in [-0.15, -0.1) is 6.58 Å². The van der Waals surface area contributed by atoms with E-state index >= 15 is 0 Å². The molecule has 0 atom stereocenters. The van der Waals surface area contributed by atoms with Gasteiger partial charge in [0, 0.05) is 18.1 Å². The van der Waals surface area contributed by atoms with Gasteiger partial charge in [0.2, 0.25) is 5.95 Å². The molecular formula is C12H15N5S. The molecule has 2 rings (SSSR count). The Morgan fingerprint density at radius 2 is 2.17 bits per heavy atom. The number of hydrogen-bond donors (Lipinski definition) is 1. The SMILES string of the molecule is C=CCSCCNc1nnnn1-c1ccccc1. The summed E-state index contributed by atoms with van der Waals surface area (Å²) in [4.78, 5) is 0. The Kier molecular flexibility index (Phi) is 4.78. The van der Waals surface area contributed by atoms with E-state index in [1.165, 1.54) is 0 Å². The van der Waals surface area contributed by atoms with E-state index in [1.54, 1.807) is 4.68 Å². The first-order chi connectivity index (χ1) is 8.92. The van der Waals surface area contributed by atoms with E-state index in [0.29, 0.717) is 5.95 Å². The number of anilines is 1. The van der Waals surface area contributed by atoms with Crippen LogP contribution in [-0.4, -0.2) is 38.3 Å². The van der Waals surface area contributed by atoms with Gasteiger partial charge in [0.15, 0.2) is 0 Å². The molecule has 1 heterocycles. The molecule has 0 spiro atoms. The van der Waals surface area contributed by atoms with Gasteiger partial charge < -0.3 is 5.32 Å². The van der Waals surface area contributed by atoms with Gasteiger partial charge in [-0.05, 0) is 22.6 Å². The zero-order valence-corrected chi connectivity index (χ0v) is 10.8. The van der Waals surface area contributed by atoms with Crippen molar-refractivity contribution in [3.05, 3.63) is 43.0 Å². The van der Waals surface area contributed by atoms with Crippen LogP contribution in [0.3, 0.4) is 0 Å². The predicted octanol–water partition coefficient (Wildman–Crippen LogP) is 1.99. The van der Waals surface area contributed by atoms with Crippen molar-refractivity contribution in [1.29, 1.82) is 0 Å². The van der Waals surface area contributed by atoms with Gasteiger partial charge in [-0.25, -0.2) is 0 Å². The quantitative estimate of drug-likeness (QED) is 0.610. The van der Waals surface area contributed by atoms with Crippen LogP contribution in [0.4, 0.5) is 5.95 Å². The average molecular weight is 261 g/mol. The summed E-state index contributed by atoms with van der Waals surface area (Å²) in [6.45, 7) is 4.51. The van der Waals surface area contributed by atoms with Crippen molar-refractivity contribution in [2.45, 2.75) is 0 Å². The van der Waals surface area contributed by atoms with Crippen LogP contribution in [0.25, 0.3) is 5.69 Å². The summed E-state index contributed by atoms with van der Waals surface area (Å²) in [7, 11) is 0. The summed E-state index contributed by atoms with van der Waals surface area (Å²) in [6, 6.07) is 9.82. The Hall–Kier alpha value is -1.82. The third-order valence-electron chi connectivity index (χ3n) is 2.24. The lowest BCUT2D eigenvalue weighted by Gasteiger charge is -2.06. The number of thioether (sulfide) groups is 1. The molecular weight excluding hydrogens is 246 g/mol. The number of tetrazole rings is 1. The smallest absolute Gasteiger partial charge is 0.247 e. The van der Waals surface area contributed by atoms with E-state index in [-0.39, 0.29) is 0 Å². The van der Waals surface area contributed by atoms with Gasteiger partial charge in [0.1, 0.15) is 0 Å². The number of rotatable bonds is 7. The van der Waals surface area contributed by atoms with Crippen LogP contribution in [-0.2, 0) is 0 Å². The van der Waals surface area contributed by atoms with Crippen LogP contribution in [0.1, 0.15) is 0 Å². The number of hydrogen-bond acceptors (Lipinski definition) is 5. The highest BCUT2D eigenvalue weighted by Crippen LogP contribution is 2.10. The highest BCUT2D eigenvalue weighted by Gasteiger charge is 2.06. The van der Waals surface area contributed by atoms with Gasteiger partial charge in [0.05, 0.1) is 5.69 Å². The molecule has 94 valence electrons. The molecule has 1 N–H and O–H groups in total. The Bertz CT molecular complexity index is 482. The molecule has 1 aromatic carbocycles. The molecule has 0 unspecified atom stereocenters. The standard InChI is InChI=1S/C12H15N5S/c1-2-9-18-10-8-13-12-14-15-16-17(12)11-6-4-3-5-7-11/h2-7H,1,8-10H2,(H,13,14,16). The molecule has 18 heavy (non-hydrogen) atoms. The number of benzene rings is 1. The van der Waals surface area contributed by atoms with Crippen molar-refractivity contribution in [3.63, 3.8) is 0 Å². The monoisotopic (exact) mass is 261 g/mol. The molecule has 0 aliphatic rings. The van der Waals surface area contributed by atoms with Gasteiger partial charge in [-0.2, -0.15) is 16.4 Å². The second kappa shape index (κ2) is 6.80. The number of nitrogens with one attached hydrogen (secondary N) is 1. The molecule has 5 nitrogen and oxygen atoms in total. The summed E-state index contributed by atoms with van der Waals surface area (Å²) in [5.41, 5.74) is 0.948. The fourth-order valence-corrected chi connectivity index (χ4v) is 2.02. The molecule has 0 amide bonds. The van der Waals surface area contributed by atoms with Gasteiger partial charge in [-0.1, -0.05) is 29.4 Å². The van der Waals surface area contributed by atoms with Crippen LogP contribution in [0.5, 0.6) is 0 Å². The summed E-state index contributed by atoms with van der Waals surface area (Å²) < 4.78 is 1.69. The predicted molar refractivity (Wildman–Crippen MR) is 75.2 cm³/mol. The maximum atomic E-state index is 3.97. The number of aromatic nitrogens is 4. The summed E-state index contributed by atoms with van der Waals surface area (Å²) in [5.74, 6) is 2.62. The minimum atomic E-state index is 0.667. The fourth-order valence-electron chi connectivity index (χ4n) is 1.44. The van der Waals surface area contributed by atoms with Gasteiger partial charge in [0.25, 0.3) is 0 Å². The highest BCUT2D eigenvalue weighted by molar-refractivity contribution is 7.99. The lowest BCUT2D eigenvalue weighted by atomic mass is 10.3. The minimum absolute atomic E-state index is 0.667. The lowest BCUT2D eigenvalue weighted by molar-refractivity contribution is 0.790. The van der Waals surface area contributed by atoms with Crippen LogP contribution in [0, 0.1) is 0 Å². The fraction of sp³-hybridized carbons (Fsp3) is 0.250. The molecule has 0 bridgehead atoms. The van der Waals surface area contributed by atoms with Crippen molar-refractivity contribution in [2.24, 2.45) is 0 Å². The van der Waals surface area contributed by atoms with Crippen molar-refractivity contribution in [3.8, 4) is 5.69 Å². The number of para-hydroxylation sites is 1. The first-order valence-electron chi connectivity index (χ1n) is 5.68. The molecule has 0 aliphatic carbocycles. The second-order valence-corrected chi connectivity index (χ2v) is 4.69. The van der Waals surface area contributed by atoms with Gasteiger partial charge >= 0.3 is 0 Å². The van der Waals surface area contributed by atoms with E-state index in [0.717, 1.165) is 23.7 Å².